The highest BCUT2D eigenvalue weighted by Gasteiger charge is 2.25. The summed E-state index contributed by atoms with van der Waals surface area (Å²) in [6.45, 7) is 0. The first-order valence-corrected chi connectivity index (χ1v) is 10.4. The number of hydrogen-bond acceptors (Lipinski definition) is 6. The molecule has 0 radical (unpaired) electrons. The molecule has 2 aromatic heterocycles. The first-order chi connectivity index (χ1) is 12.7. The van der Waals surface area contributed by atoms with Gasteiger partial charge in [-0.1, -0.05) is 41.7 Å². The Balaban J connectivity index is 1.75. The number of carbonyl (C=O) groups is 1. The molecule has 0 bridgehead atoms. The van der Waals surface area contributed by atoms with Crippen LogP contribution in [0.4, 0.5) is 5.13 Å². The second-order valence-electron chi connectivity index (χ2n) is 5.87. The molecule has 0 aliphatic heterocycles. The van der Waals surface area contributed by atoms with Gasteiger partial charge >= 0.3 is 0 Å². The lowest BCUT2D eigenvalue weighted by molar-refractivity contribution is -0.121. The molecular formula is C19H20N4OS2. The van der Waals surface area contributed by atoms with Crippen molar-refractivity contribution in [2.75, 3.05) is 24.0 Å². The summed E-state index contributed by atoms with van der Waals surface area (Å²) in [4.78, 5) is 18.8. The van der Waals surface area contributed by atoms with E-state index in [-0.39, 0.29) is 11.8 Å². The van der Waals surface area contributed by atoms with E-state index in [4.69, 9.17) is 0 Å². The molecule has 1 aromatic carbocycles. The average Bonchev–Trinajstić information content (AvgIpc) is 3.18. The maximum atomic E-state index is 13.0. The Morgan fingerprint density at radius 2 is 2.00 bits per heavy atom. The van der Waals surface area contributed by atoms with Crippen LogP contribution in [-0.2, 0) is 11.2 Å². The van der Waals surface area contributed by atoms with Crippen LogP contribution in [0.2, 0.25) is 0 Å². The van der Waals surface area contributed by atoms with E-state index in [0.29, 0.717) is 5.13 Å². The van der Waals surface area contributed by atoms with E-state index >= 15 is 0 Å². The van der Waals surface area contributed by atoms with Crippen LogP contribution in [0.25, 0.3) is 10.6 Å². The van der Waals surface area contributed by atoms with Crippen molar-refractivity contribution in [2.45, 2.75) is 6.42 Å². The van der Waals surface area contributed by atoms with Crippen LogP contribution in [0.5, 0.6) is 0 Å². The Labute approximate surface area is 161 Å². The fourth-order valence-corrected chi connectivity index (χ4v) is 4.11. The maximum absolute atomic E-state index is 13.0. The molecule has 5 nitrogen and oxygen atoms in total. The molecule has 2 heterocycles. The molecule has 134 valence electrons. The van der Waals surface area contributed by atoms with E-state index in [1.165, 1.54) is 16.9 Å². The van der Waals surface area contributed by atoms with Crippen LogP contribution in [0.1, 0.15) is 5.56 Å². The summed E-state index contributed by atoms with van der Waals surface area (Å²) in [5.74, 6) is 0.743. The molecule has 0 saturated carbocycles. The minimum atomic E-state index is -0.0943. The van der Waals surface area contributed by atoms with Crippen LogP contribution in [0, 0.1) is 5.92 Å². The molecule has 26 heavy (non-hydrogen) atoms. The highest BCUT2D eigenvalue weighted by molar-refractivity contribution is 7.98. The zero-order chi connectivity index (χ0) is 18.4. The van der Waals surface area contributed by atoms with E-state index in [1.54, 1.807) is 36.1 Å². The highest BCUT2D eigenvalue weighted by Crippen LogP contribution is 2.29. The molecule has 3 aromatic rings. The molecular weight excluding hydrogens is 364 g/mol. The lowest BCUT2D eigenvalue weighted by atomic mass is 10.00. The van der Waals surface area contributed by atoms with Crippen molar-refractivity contribution < 1.29 is 4.79 Å². The number of hydrogen-bond donors (Lipinski definition) is 0. The first kappa shape index (κ1) is 18.5. The Hall–Kier alpha value is -2.25. The van der Waals surface area contributed by atoms with Crippen LogP contribution >= 0.6 is 23.1 Å². The summed E-state index contributed by atoms with van der Waals surface area (Å²) in [5, 5.41) is 9.78. The van der Waals surface area contributed by atoms with Gasteiger partial charge in [-0.15, -0.1) is 10.2 Å². The molecule has 3 rings (SSSR count). The number of nitrogens with zero attached hydrogens (tertiary/aromatic N) is 4. The standard InChI is InChI=1S/C19H20N4OS2/c1-23(19-22-21-17(26-19)15-9-6-10-20-12-15)18(24)16(13-25-2)11-14-7-4-3-5-8-14/h3-10,12,16H,11,13H2,1-2H3. The summed E-state index contributed by atoms with van der Waals surface area (Å²) in [6, 6.07) is 13.9. The number of carbonyl (C=O) groups excluding carboxylic acids is 1. The first-order valence-electron chi connectivity index (χ1n) is 8.23. The van der Waals surface area contributed by atoms with Gasteiger partial charge in [-0.2, -0.15) is 11.8 Å². The number of anilines is 1. The minimum absolute atomic E-state index is 0.0667. The average molecular weight is 385 g/mol. The third-order valence-electron chi connectivity index (χ3n) is 3.98. The van der Waals surface area contributed by atoms with Crippen LogP contribution < -0.4 is 4.90 Å². The van der Waals surface area contributed by atoms with E-state index in [2.05, 4.69) is 27.3 Å². The topological polar surface area (TPSA) is 59.0 Å². The van der Waals surface area contributed by atoms with Gasteiger partial charge < -0.3 is 0 Å². The van der Waals surface area contributed by atoms with E-state index < -0.39 is 0 Å². The van der Waals surface area contributed by atoms with Crippen molar-refractivity contribution in [3.05, 3.63) is 60.4 Å². The Morgan fingerprint density at radius 1 is 1.19 bits per heavy atom. The summed E-state index contributed by atoms with van der Waals surface area (Å²) in [5.41, 5.74) is 2.07. The van der Waals surface area contributed by atoms with E-state index in [0.717, 1.165) is 22.7 Å². The lowest BCUT2D eigenvalue weighted by Gasteiger charge is -2.21. The second-order valence-corrected chi connectivity index (χ2v) is 7.74. The van der Waals surface area contributed by atoms with Gasteiger partial charge in [0.05, 0.1) is 5.92 Å². The van der Waals surface area contributed by atoms with Gasteiger partial charge in [0, 0.05) is 30.8 Å². The summed E-state index contributed by atoms with van der Waals surface area (Å²) >= 11 is 3.08. The fraction of sp³-hybridized carbons (Fsp3) is 0.263. The van der Waals surface area contributed by atoms with Crippen molar-refractivity contribution in [3.63, 3.8) is 0 Å². The second kappa shape index (κ2) is 8.91. The number of aromatic nitrogens is 3. The summed E-state index contributed by atoms with van der Waals surface area (Å²) in [7, 11) is 1.77. The van der Waals surface area contributed by atoms with Crippen LogP contribution in [0.3, 0.4) is 0 Å². The largest absolute Gasteiger partial charge is 0.290 e. The SMILES string of the molecule is CSCC(Cc1ccccc1)C(=O)N(C)c1nnc(-c2cccnc2)s1. The van der Waals surface area contributed by atoms with Gasteiger partial charge in [-0.25, -0.2) is 0 Å². The van der Waals surface area contributed by atoms with Crippen LogP contribution in [0.15, 0.2) is 54.9 Å². The van der Waals surface area contributed by atoms with Crippen molar-refractivity contribution >= 4 is 34.1 Å². The highest BCUT2D eigenvalue weighted by atomic mass is 32.2. The van der Waals surface area contributed by atoms with Crippen LogP contribution in [-0.4, -0.2) is 40.1 Å². The van der Waals surface area contributed by atoms with Gasteiger partial charge in [0.15, 0.2) is 5.01 Å². The summed E-state index contributed by atoms with van der Waals surface area (Å²) < 4.78 is 0. The molecule has 0 N–H and O–H groups in total. The molecule has 7 heteroatoms. The smallest absolute Gasteiger partial charge is 0.232 e. The summed E-state index contributed by atoms with van der Waals surface area (Å²) in [6.07, 6.45) is 6.21. The number of thioether (sulfide) groups is 1. The van der Waals surface area contributed by atoms with E-state index in [9.17, 15) is 4.79 Å². The van der Waals surface area contributed by atoms with Gasteiger partial charge in [0.25, 0.3) is 0 Å². The number of benzene rings is 1. The Bertz CT molecular complexity index is 839. The quantitative estimate of drug-likeness (QED) is 0.620. The van der Waals surface area contributed by atoms with Gasteiger partial charge in [0.1, 0.15) is 0 Å². The molecule has 0 spiro atoms. The maximum Gasteiger partial charge on any atom is 0.232 e. The zero-order valence-corrected chi connectivity index (χ0v) is 16.3. The predicted molar refractivity (Wildman–Crippen MR) is 109 cm³/mol. The molecule has 0 saturated heterocycles. The van der Waals surface area contributed by atoms with Crippen molar-refractivity contribution in [2.24, 2.45) is 5.92 Å². The molecule has 1 amide bonds. The molecule has 1 unspecified atom stereocenters. The molecule has 1 atom stereocenters. The van der Waals surface area contributed by atoms with Gasteiger partial charge in [-0.3, -0.25) is 14.7 Å². The minimum Gasteiger partial charge on any atom is -0.290 e. The molecule has 0 fully saturated rings. The monoisotopic (exact) mass is 384 g/mol. The van der Waals surface area contributed by atoms with Crippen molar-refractivity contribution in [3.8, 4) is 10.6 Å². The normalized spacial score (nSPS) is 11.9. The number of pyridine rings is 1. The number of amides is 1. The third kappa shape index (κ3) is 4.47. The third-order valence-corrected chi connectivity index (χ3v) is 5.77. The zero-order valence-electron chi connectivity index (χ0n) is 14.7. The molecule has 0 aliphatic carbocycles. The fourth-order valence-electron chi connectivity index (χ4n) is 2.64. The van der Waals surface area contributed by atoms with E-state index in [1.807, 2.05) is 36.6 Å². The van der Waals surface area contributed by atoms with Gasteiger partial charge in [-0.05, 0) is 30.4 Å². The van der Waals surface area contributed by atoms with Gasteiger partial charge in [0.2, 0.25) is 11.0 Å². The molecule has 0 aliphatic rings. The van der Waals surface area contributed by atoms with Crippen molar-refractivity contribution in [1.82, 2.24) is 15.2 Å². The predicted octanol–water partition coefficient (Wildman–Crippen LogP) is 3.78. The Morgan fingerprint density at radius 3 is 2.69 bits per heavy atom. The lowest BCUT2D eigenvalue weighted by Crippen LogP contribution is -2.35. The van der Waals surface area contributed by atoms with Crippen molar-refractivity contribution in [1.29, 1.82) is 0 Å². The Kier molecular flexibility index (Phi) is 6.35. The number of rotatable bonds is 7.